The first kappa shape index (κ1) is 15.2. The Morgan fingerprint density at radius 1 is 1.39 bits per heavy atom. The zero-order chi connectivity index (χ0) is 16.2. The molecule has 1 aromatic heterocycles. The minimum atomic E-state index is -0.296. The third-order valence-corrected chi connectivity index (χ3v) is 3.83. The van der Waals surface area contributed by atoms with E-state index in [9.17, 15) is 9.18 Å². The van der Waals surface area contributed by atoms with Gasteiger partial charge in [0.2, 0.25) is 5.88 Å². The Labute approximate surface area is 133 Å². The van der Waals surface area contributed by atoms with Crippen molar-refractivity contribution in [2.24, 2.45) is 0 Å². The average Bonchev–Trinajstić information content (AvgIpc) is 3.05. The number of nitrogens with zero attached hydrogens (tertiary/aromatic N) is 3. The van der Waals surface area contributed by atoms with Gasteiger partial charge in [-0.1, -0.05) is 12.1 Å². The summed E-state index contributed by atoms with van der Waals surface area (Å²) in [7, 11) is 1.49. The second kappa shape index (κ2) is 6.60. The van der Waals surface area contributed by atoms with Crippen LogP contribution in [0.5, 0.6) is 5.88 Å². The molecule has 2 amide bonds. The first-order valence-corrected chi connectivity index (χ1v) is 7.36. The molecule has 6 nitrogen and oxygen atoms in total. The van der Waals surface area contributed by atoms with E-state index in [1.807, 2.05) is 6.07 Å². The van der Waals surface area contributed by atoms with Crippen LogP contribution in [0.3, 0.4) is 0 Å². The molecule has 2 aromatic rings. The number of aromatic nitrogens is 2. The molecule has 1 saturated heterocycles. The van der Waals surface area contributed by atoms with E-state index in [0.717, 1.165) is 18.4 Å². The van der Waals surface area contributed by atoms with E-state index in [4.69, 9.17) is 4.74 Å². The zero-order valence-electron chi connectivity index (χ0n) is 12.7. The number of nitrogens with one attached hydrogen (secondary N) is 1. The number of anilines is 1. The van der Waals surface area contributed by atoms with Gasteiger partial charge in [0.1, 0.15) is 18.0 Å². The Balaban J connectivity index is 1.75. The maximum atomic E-state index is 13.4. The van der Waals surface area contributed by atoms with Gasteiger partial charge in [-0.2, -0.15) is 0 Å². The molecule has 1 atom stereocenters. The standard InChI is InChI=1S/C16H17FN4O2/c1-23-15-9-14(18-10-19-15)20-16(22)21-7-3-6-13(21)11-4-2-5-12(17)8-11/h2,4-5,8-10,13H,3,6-7H2,1H3,(H,18,19,20,22). The van der Waals surface area contributed by atoms with E-state index in [0.29, 0.717) is 18.2 Å². The van der Waals surface area contributed by atoms with Gasteiger partial charge in [0.05, 0.1) is 13.2 Å². The van der Waals surface area contributed by atoms with E-state index in [-0.39, 0.29) is 17.9 Å². The van der Waals surface area contributed by atoms with Gasteiger partial charge in [-0.15, -0.1) is 0 Å². The van der Waals surface area contributed by atoms with Crippen LogP contribution < -0.4 is 10.1 Å². The van der Waals surface area contributed by atoms with Crippen molar-refractivity contribution in [3.05, 3.63) is 48.0 Å². The molecule has 0 radical (unpaired) electrons. The minimum absolute atomic E-state index is 0.130. The smallest absolute Gasteiger partial charge is 0.323 e. The van der Waals surface area contributed by atoms with Crippen LogP contribution in [0.15, 0.2) is 36.7 Å². The predicted octanol–water partition coefficient (Wildman–Crippen LogP) is 2.99. The van der Waals surface area contributed by atoms with Gasteiger partial charge in [0.25, 0.3) is 0 Å². The van der Waals surface area contributed by atoms with Crippen molar-refractivity contribution in [3.8, 4) is 5.88 Å². The Bertz CT molecular complexity index is 710. The second-order valence-corrected chi connectivity index (χ2v) is 5.28. The molecule has 1 aliphatic heterocycles. The molecular formula is C16H17FN4O2. The summed E-state index contributed by atoms with van der Waals surface area (Å²) >= 11 is 0. The Kier molecular flexibility index (Phi) is 4.36. The molecule has 1 unspecified atom stereocenters. The molecule has 7 heteroatoms. The van der Waals surface area contributed by atoms with Gasteiger partial charge < -0.3 is 9.64 Å². The number of likely N-dealkylation sites (tertiary alicyclic amines) is 1. The SMILES string of the molecule is COc1cc(NC(=O)N2CCCC2c2cccc(F)c2)ncn1. The third kappa shape index (κ3) is 3.39. The first-order chi connectivity index (χ1) is 11.2. The van der Waals surface area contributed by atoms with Crippen molar-refractivity contribution in [3.63, 3.8) is 0 Å². The van der Waals surface area contributed by atoms with Gasteiger partial charge in [0.15, 0.2) is 0 Å². The van der Waals surface area contributed by atoms with E-state index in [1.54, 1.807) is 17.0 Å². The highest BCUT2D eigenvalue weighted by atomic mass is 19.1. The van der Waals surface area contributed by atoms with Crippen LogP contribution in [0.25, 0.3) is 0 Å². The van der Waals surface area contributed by atoms with Gasteiger partial charge in [-0.25, -0.2) is 19.2 Å². The summed E-state index contributed by atoms with van der Waals surface area (Å²) in [6.07, 6.45) is 3.01. The van der Waals surface area contributed by atoms with Crippen molar-refractivity contribution >= 4 is 11.8 Å². The number of carbonyl (C=O) groups excluding carboxylic acids is 1. The summed E-state index contributed by atoms with van der Waals surface area (Å²) in [5, 5.41) is 2.74. The fourth-order valence-electron chi connectivity index (χ4n) is 2.77. The lowest BCUT2D eigenvalue weighted by molar-refractivity contribution is 0.207. The monoisotopic (exact) mass is 316 g/mol. The maximum absolute atomic E-state index is 13.4. The lowest BCUT2D eigenvalue weighted by Crippen LogP contribution is -2.34. The average molecular weight is 316 g/mol. The number of hydrogen-bond acceptors (Lipinski definition) is 4. The summed E-state index contributed by atoms with van der Waals surface area (Å²) in [4.78, 5) is 22.1. The van der Waals surface area contributed by atoms with E-state index >= 15 is 0 Å². The molecule has 3 rings (SSSR count). The molecule has 2 heterocycles. The quantitative estimate of drug-likeness (QED) is 0.945. The van der Waals surface area contributed by atoms with Crippen molar-refractivity contribution in [2.75, 3.05) is 19.0 Å². The van der Waals surface area contributed by atoms with Gasteiger partial charge in [-0.05, 0) is 30.5 Å². The van der Waals surface area contributed by atoms with Crippen LogP contribution in [-0.2, 0) is 0 Å². The molecule has 1 fully saturated rings. The molecule has 0 aliphatic carbocycles. The Hall–Kier alpha value is -2.70. The molecular weight excluding hydrogens is 299 g/mol. The van der Waals surface area contributed by atoms with Crippen LogP contribution in [0.4, 0.5) is 15.0 Å². The lowest BCUT2D eigenvalue weighted by Gasteiger charge is -2.25. The summed E-state index contributed by atoms with van der Waals surface area (Å²) in [6, 6.07) is 7.53. The molecule has 23 heavy (non-hydrogen) atoms. The number of methoxy groups -OCH3 is 1. The molecule has 0 saturated carbocycles. The molecule has 0 spiro atoms. The molecule has 0 bridgehead atoms. The van der Waals surface area contributed by atoms with Crippen LogP contribution in [0, 0.1) is 5.82 Å². The Morgan fingerprint density at radius 2 is 2.26 bits per heavy atom. The van der Waals surface area contributed by atoms with Crippen LogP contribution in [-0.4, -0.2) is 34.6 Å². The number of hydrogen-bond donors (Lipinski definition) is 1. The summed E-state index contributed by atoms with van der Waals surface area (Å²) in [5.74, 6) is 0.445. The first-order valence-electron chi connectivity index (χ1n) is 7.36. The second-order valence-electron chi connectivity index (χ2n) is 5.28. The van der Waals surface area contributed by atoms with Gasteiger partial charge in [0, 0.05) is 12.6 Å². The number of benzene rings is 1. The lowest BCUT2D eigenvalue weighted by atomic mass is 10.0. The highest BCUT2D eigenvalue weighted by Crippen LogP contribution is 2.32. The summed E-state index contributed by atoms with van der Waals surface area (Å²) in [5.41, 5.74) is 0.804. The van der Waals surface area contributed by atoms with Gasteiger partial charge in [-0.3, -0.25) is 5.32 Å². The zero-order valence-corrected chi connectivity index (χ0v) is 12.7. The highest BCUT2D eigenvalue weighted by Gasteiger charge is 2.30. The molecule has 1 aliphatic rings. The highest BCUT2D eigenvalue weighted by molar-refractivity contribution is 5.88. The number of urea groups is 1. The van der Waals surface area contributed by atoms with Crippen LogP contribution in [0.1, 0.15) is 24.4 Å². The number of carbonyl (C=O) groups is 1. The molecule has 1 N–H and O–H groups in total. The summed E-state index contributed by atoms with van der Waals surface area (Å²) in [6.45, 7) is 0.620. The largest absolute Gasteiger partial charge is 0.481 e. The number of halogens is 1. The number of ether oxygens (including phenoxy) is 1. The predicted molar refractivity (Wildman–Crippen MR) is 82.7 cm³/mol. The van der Waals surface area contributed by atoms with E-state index in [1.165, 1.54) is 25.6 Å². The van der Waals surface area contributed by atoms with E-state index < -0.39 is 0 Å². The molecule has 120 valence electrons. The normalized spacial score (nSPS) is 17.1. The van der Waals surface area contributed by atoms with Crippen LogP contribution in [0.2, 0.25) is 0 Å². The maximum Gasteiger partial charge on any atom is 0.323 e. The third-order valence-electron chi connectivity index (χ3n) is 3.83. The van der Waals surface area contributed by atoms with Crippen molar-refractivity contribution in [2.45, 2.75) is 18.9 Å². The van der Waals surface area contributed by atoms with Gasteiger partial charge >= 0.3 is 6.03 Å². The number of rotatable bonds is 3. The number of amides is 2. The topological polar surface area (TPSA) is 67.3 Å². The molecule has 1 aromatic carbocycles. The fourth-order valence-corrected chi connectivity index (χ4v) is 2.77. The van der Waals surface area contributed by atoms with Crippen molar-refractivity contribution < 1.29 is 13.9 Å². The minimum Gasteiger partial charge on any atom is -0.481 e. The van der Waals surface area contributed by atoms with Crippen molar-refractivity contribution in [1.29, 1.82) is 0 Å². The summed E-state index contributed by atoms with van der Waals surface area (Å²) < 4.78 is 18.4. The fraction of sp³-hybridized carbons (Fsp3) is 0.312. The van der Waals surface area contributed by atoms with Crippen LogP contribution >= 0.6 is 0 Å². The van der Waals surface area contributed by atoms with E-state index in [2.05, 4.69) is 15.3 Å². The van der Waals surface area contributed by atoms with Crippen molar-refractivity contribution in [1.82, 2.24) is 14.9 Å². The Morgan fingerprint density at radius 3 is 3.04 bits per heavy atom.